The number of benzene rings is 1. The monoisotopic (exact) mass is 272 g/mol. The molecule has 4 heteroatoms. The van der Waals surface area contributed by atoms with Gasteiger partial charge in [-0.2, -0.15) is 5.26 Å². The quantitative estimate of drug-likeness (QED) is 0.908. The number of hydrogen-bond donors (Lipinski definition) is 1. The Bertz CT molecular complexity index is 580. The van der Waals surface area contributed by atoms with Gasteiger partial charge < -0.3 is 4.90 Å². The van der Waals surface area contributed by atoms with Crippen LogP contribution in [0.2, 0.25) is 0 Å². The van der Waals surface area contributed by atoms with Crippen molar-refractivity contribution in [3.63, 3.8) is 0 Å². The molecule has 0 aliphatic carbocycles. The van der Waals surface area contributed by atoms with Gasteiger partial charge in [0, 0.05) is 6.92 Å². The lowest BCUT2D eigenvalue weighted by Crippen LogP contribution is -3.16. The minimum absolute atomic E-state index is 0.0946. The predicted molar refractivity (Wildman–Crippen MR) is 77.4 cm³/mol. The maximum absolute atomic E-state index is 9.07. The number of nitrogens with zero attached hydrogens (tertiary/aromatic N) is 2. The Hall–Kier alpha value is -1.44. The molecule has 1 unspecified atom stereocenters. The molecule has 2 aromatic rings. The SMILES string of the molecule is C[C@@H](C#N)[NH+]1CCC[C@H](c2nc3ccccc3s2)C1. The first-order valence-electron chi connectivity index (χ1n) is 6.87. The normalized spacial score (nSPS) is 25.1. The number of para-hydroxylation sites is 1. The fourth-order valence-electron chi connectivity index (χ4n) is 2.86. The van der Waals surface area contributed by atoms with Crippen LogP contribution >= 0.6 is 11.3 Å². The van der Waals surface area contributed by atoms with Crippen molar-refractivity contribution in [1.82, 2.24) is 4.98 Å². The Morgan fingerprint density at radius 1 is 1.47 bits per heavy atom. The average Bonchev–Trinajstić information content (AvgIpc) is 2.90. The van der Waals surface area contributed by atoms with Gasteiger partial charge in [-0.25, -0.2) is 4.98 Å². The molecule has 1 aromatic heterocycles. The fraction of sp³-hybridized carbons (Fsp3) is 0.467. The van der Waals surface area contributed by atoms with E-state index in [1.54, 1.807) is 0 Å². The average molecular weight is 272 g/mol. The summed E-state index contributed by atoms with van der Waals surface area (Å²) < 4.78 is 1.28. The van der Waals surface area contributed by atoms with E-state index in [1.807, 2.05) is 24.3 Å². The molecule has 1 N–H and O–H groups in total. The largest absolute Gasteiger partial charge is 0.320 e. The maximum atomic E-state index is 9.07. The Morgan fingerprint density at radius 2 is 2.32 bits per heavy atom. The summed E-state index contributed by atoms with van der Waals surface area (Å²) in [7, 11) is 0. The third kappa shape index (κ3) is 2.49. The van der Waals surface area contributed by atoms with Crippen LogP contribution in [0, 0.1) is 11.3 Å². The minimum Gasteiger partial charge on any atom is -0.320 e. The highest BCUT2D eigenvalue weighted by Gasteiger charge is 2.29. The molecule has 19 heavy (non-hydrogen) atoms. The van der Waals surface area contributed by atoms with Crippen LogP contribution in [0.3, 0.4) is 0 Å². The zero-order valence-corrected chi connectivity index (χ0v) is 11.9. The van der Waals surface area contributed by atoms with Gasteiger partial charge in [-0.05, 0) is 25.0 Å². The van der Waals surface area contributed by atoms with Crippen LogP contribution in [0.25, 0.3) is 10.2 Å². The summed E-state index contributed by atoms with van der Waals surface area (Å²) in [6.07, 6.45) is 2.41. The fourth-order valence-corrected chi connectivity index (χ4v) is 3.96. The van der Waals surface area contributed by atoms with Crippen LogP contribution in [0.5, 0.6) is 0 Å². The van der Waals surface area contributed by atoms with Crippen LogP contribution in [-0.2, 0) is 0 Å². The second kappa shape index (κ2) is 5.28. The molecule has 1 saturated heterocycles. The number of nitrogens with one attached hydrogen (secondary N) is 1. The van der Waals surface area contributed by atoms with E-state index in [1.165, 1.54) is 27.4 Å². The molecule has 0 bridgehead atoms. The Balaban J connectivity index is 1.83. The van der Waals surface area contributed by atoms with Crippen LogP contribution in [0.4, 0.5) is 0 Å². The van der Waals surface area contributed by atoms with E-state index < -0.39 is 0 Å². The molecule has 1 aliphatic rings. The standard InChI is InChI=1S/C15H17N3S/c1-11(9-16)18-8-4-5-12(10-18)15-17-13-6-2-3-7-14(13)19-15/h2-3,6-7,11-12H,4-5,8,10H2,1H3/p+1/t11-,12-/m0/s1. The molecular weight excluding hydrogens is 254 g/mol. The third-order valence-electron chi connectivity index (χ3n) is 4.02. The lowest BCUT2D eigenvalue weighted by atomic mass is 9.97. The highest BCUT2D eigenvalue weighted by atomic mass is 32.1. The third-order valence-corrected chi connectivity index (χ3v) is 5.22. The zero-order chi connectivity index (χ0) is 13.2. The van der Waals surface area contributed by atoms with Gasteiger partial charge in [-0.15, -0.1) is 11.3 Å². The van der Waals surface area contributed by atoms with Crippen molar-refractivity contribution in [2.75, 3.05) is 13.1 Å². The molecule has 98 valence electrons. The topological polar surface area (TPSA) is 41.1 Å². The van der Waals surface area contributed by atoms with Crippen LogP contribution in [0.15, 0.2) is 24.3 Å². The van der Waals surface area contributed by atoms with E-state index in [9.17, 15) is 0 Å². The molecule has 1 aliphatic heterocycles. The molecule has 0 saturated carbocycles. The highest BCUT2D eigenvalue weighted by molar-refractivity contribution is 7.18. The predicted octanol–water partition coefficient (Wildman–Crippen LogP) is 1.97. The second-order valence-electron chi connectivity index (χ2n) is 5.32. The first-order valence-corrected chi connectivity index (χ1v) is 7.69. The summed E-state index contributed by atoms with van der Waals surface area (Å²) in [5.74, 6) is 0.525. The van der Waals surface area contributed by atoms with E-state index in [2.05, 4.69) is 24.3 Å². The Labute approximate surface area is 117 Å². The highest BCUT2D eigenvalue weighted by Crippen LogP contribution is 2.30. The number of piperidine rings is 1. The first-order chi connectivity index (χ1) is 9.28. The van der Waals surface area contributed by atoms with Crippen LogP contribution in [-0.4, -0.2) is 24.1 Å². The summed E-state index contributed by atoms with van der Waals surface area (Å²) >= 11 is 1.82. The van der Waals surface area contributed by atoms with Crippen molar-refractivity contribution in [2.45, 2.75) is 31.7 Å². The molecule has 0 amide bonds. The molecule has 1 aromatic carbocycles. The number of quaternary nitrogens is 1. The minimum atomic E-state index is 0.0946. The molecule has 3 rings (SSSR count). The lowest BCUT2D eigenvalue weighted by Gasteiger charge is -2.30. The summed E-state index contributed by atoms with van der Waals surface area (Å²) in [5, 5.41) is 10.3. The van der Waals surface area contributed by atoms with Crippen LogP contribution < -0.4 is 4.90 Å². The molecule has 3 nitrogen and oxygen atoms in total. The van der Waals surface area contributed by atoms with Crippen LogP contribution in [0.1, 0.15) is 30.7 Å². The zero-order valence-electron chi connectivity index (χ0n) is 11.1. The lowest BCUT2D eigenvalue weighted by molar-refractivity contribution is -0.921. The van der Waals surface area contributed by atoms with Gasteiger partial charge in [-0.3, -0.25) is 0 Å². The van der Waals surface area contributed by atoms with Gasteiger partial charge in [-0.1, -0.05) is 12.1 Å². The summed E-state index contributed by atoms with van der Waals surface area (Å²) in [6.45, 7) is 4.20. The molecule has 2 heterocycles. The molecule has 0 radical (unpaired) electrons. The van der Waals surface area contributed by atoms with Crippen molar-refractivity contribution >= 4 is 21.6 Å². The number of hydrogen-bond acceptors (Lipinski definition) is 3. The van der Waals surface area contributed by atoms with Gasteiger partial charge >= 0.3 is 0 Å². The second-order valence-corrected chi connectivity index (χ2v) is 6.38. The maximum Gasteiger partial charge on any atom is 0.172 e. The van der Waals surface area contributed by atoms with Gasteiger partial charge in [0.05, 0.1) is 29.2 Å². The van der Waals surface area contributed by atoms with Gasteiger partial charge in [0.15, 0.2) is 6.04 Å². The smallest absolute Gasteiger partial charge is 0.172 e. The van der Waals surface area contributed by atoms with E-state index in [0.29, 0.717) is 5.92 Å². The van der Waals surface area contributed by atoms with Crippen molar-refractivity contribution in [2.24, 2.45) is 0 Å². The molecule has 1 fully saturated rings. The van der Waals surface area contributed by atoms with Crippen molar-refractivity contribution < 1.29 is 4.90 Å². The molecule has 0 spiro atoms. The molecular formula is C15H18N3S+. The van der Waals surface area contributed by atoms with Crippen molar-refractivity contribution in [1.29, 1.82) is 5.26 Å². The van der Waals surface area contributed by atoms with E-state index >= 15 is 0 Å². The Kier molecular flexibility index (Phi) is 3.50. The van der Waals surface area contributed by atoms with Gasteiger partial charge in [0.1, 0.15) is 11.1 Å². The van der Waals surface area contributed by atoms with E-state index in [4.69, 9.17) is 10.2 Å². The van der Waals surface area contributed by atoms with Crippen molar-refractivity contribution in [3.05, 3.63) is 29.3 Å². The molecule has 3 atom stereocenters. The number of likely N-dealkylation sites (tertiary alicyclic amines) is 1. The first kappa shape index (κ1) is 12.6. The van der Waals surface area contributed by atoms with Gasteiger partial charge in [0.2, 0.25) is 0 Å². The number of nitriles is 1. The summed E-state index contributed by atoms with van der Waals surface area (Å²) in [6, 6.07) is 10.8. The Morgan fingerprint density at radius 3 is 3.11 bits per heavy atom. The number of rotatable bonds is 2. The van der Waals surface area contributed by atoms with E-state index in [0.717, 1.165) is 18.6 Å². The van der Waals surface area contributed by atoms with Gasteiger partial charge in [0.25, 0.3) is 0 Å². The number of fused-ring (bicyclic) bond motifs is 1. The summed E-state index contributed by atoms with van der Waals surface area (Å²) in [5.41, 5.74) is 1.11. The van der Waals surface area contributed by atoms with Crippen molar-refractivity contribution in [3.8, 4) is 6.07 Å². The number of thiazole rings is 1. The number of aromatic nitrogens is 1. The summed E-state index contributed by atoms with van der Waals surface area (Å²) in [4.78, 5) is 6.19. The van der Waals surface area contributed by atoms with E-state index in [-0.39, 0.29) is 6.04 Å².